The monoisotopic (exact) mass is 504 g/mol. The predicted octanol–water partition coefficient (Wildman–Crippen LogP) is 5.25. The summed E-state index contributed by atoms with van der Waals surface area (Å²) in [5, 5.41) is 14.2. The molecule has 10 heteroatoms. The lowest BCUT2D eigenvalue weighted by atomic mass is 9.94. The highest BCUT2D eigenvalue weighted by Crippen LogP contribution is 2.30. The van der Waals surface area contributed by atoms with Crippen molar-refractivity contribution in [3.8, 4) is 0 Å². The number of benzene rings is 2. The van der Waals surface area contributed by atoms with Gasteiger partial charge in [-0.15, -0.1) is 0 Å². The van der Waals surface area contributed by atoms with E-state index < -0.39 is 16.2 Å². The van der Waals surface area contributed by atoms with Gasteiger partial charge in [0.2, 0.25) is 11.8 Å². The maximum atomic E-state index is 12.5. The van der Waals surface area contributed by atoms with Gasteiger partial charge in [0.1, 0.15) is 5.02 Å². The molecule has 0 aliphatic carbocycles. The minimum absolute atomic E-state index is 0.0311. The van der Waals surface area contributed by atoms with E-state index in [0.29, 0.717) is 42.5 Å². The van der Waals surface area contributed by atoms with Crippen LogP contribution in [-0.2, 0) is 9.59 Å². The van der Waals surface area contributed by atoms with Gasteiger partial charge in [0.05, 0.1) is 15.6 Å². The number of nitrogens with zero attached hydrogens (tertiary/aromatic N) is 3. The topological polar surface area (TPSA) is 95.8 Å². The normalized spacial score (nSPS) is 14.4. The Morgan fingerprint density at radius 3 is 2.29 bits per heavy atom. The summed E-state index contributed by atoms with van der Waals surface area (Å²) in [6.07, 6.45) is 2.74. The van der Waals surface area contributed by atoms with Crippen molar-refractivity contribution in [3.05, 3.63) is 68.2 Å². The zero-order valence-electron chi connectivity index (χ0n) is 19.2. The first kappa shape index (κ1) is 25.5. The number of halogens is 2. The second kappa shape index (κ2) is 10.4. The molecule has 2 amide bonds. The Balaban J connectivity index is 1.61. The smallest absolute Gasteiger partial charge is 0.288 e. The molecule has 34 heavy (non-hydrogen) atoms. The van der Waals surface area contributed by atoms with Gasteiger partial charge in [-0.2, -0.15) is 0 Å². The van der Waals surface area contributed by atoms with Gasteiger partial charge in [-0.05, 0) is 35.9 Å². The maximum Gasteiger partial charge on any atom is 0.288 e. The van der Waals surface area contributed by atoms with Gasteiger partial charge in [-0.25, -0.2) is 0 Å². The molecule has 1 aliphatic rings. The Labute approximate surface area is 208 Å². The predicted molar refractivity (Wildman–Crippen MR) is 135 cm³/mol. The fraction of sp³-hybridized carbons (Fsp3) is 0.333. The summed E-state index contributed by atoms with van der Waals surface area (Å²) >= 11 is 12.3. The number of nitro benzene ring substituents is 1. The average Bonchev–Trinajstić information content (AvgIpc) is 2.77. The zero-order valence-corrected chi connectivity index (χ0v) is 20.7. The van der Waals surface area contributed by atoms with E-state index in [-0.39, 0.29) is 16.6 Å². The fourth-order valence-electron chi connectivity index (χ4n) is 3.60. The number of piperazine rings is 1. The number of anilines is 2. The number of amides is 2. The van der Waals surface area contributed by atoms with Crippen LogP contribution in [-0.4, -0.2) is 47.8 Å². The van der Waals surface area contributed by atoms with Crippen molar-refractivity contribution in [3.63, 3.8) is 0 Å². The van der Waals surface area contributed by atoms with Crippen LogP contribution in [0.5, 0.6) is 0 Å². The molecule has 0 spiro atoms. The van der Waals surface area contributed by atoms with E-state index in [0.717, 1.165) is 5.69 Å². The molecule has 0 bridgehead atoms. The minimum Gasteiger partial charge on any atom is -0.367 e. The van der Waals surface area contributed by atoms with Crippen molar-refractivity contribution in [1.82, 2.24) is 4.90 Å². The van der Waals surface area contributed by atoms with Gasteiger partial charge in [-0.1, -0.05) is 50.0 Å². The van der Waals surface area contributed by atoms with Crippen LogP contribution < -0.4 is 10.2 Å². The molecule has 2 aromatic rings. The lowest BCUT2D eigenvalue weighted by Crippen LogP contribution is -2.51. The van der Waals surface area contributed by atoms with Crippen LogP contribution in [0.4, 0.5) is 17.1 Å². The third-order valence-corrected chi connectivity index (χ3v) is 5.98. The quantitative estimate of drug-likeness (QED) is 0.340. The minimum atomic E-state index is -0.578. The molecule has 3 rings (SSSR count). The van der Waals surface area contributed by atoms with Gasteiger partial charge in [0.25, 0.3) is 5.69 Å². The Bertz CT molecular complexity index is 1140. The number of hydrogen-bond donors (Lipinski definition) is 1. The molecule has 1 aliphatic heterocycles. The van der Waals surface area contributed by atoms with Crippen molar-refractivity contribution in [2.75, 3.05) is 36.4 Å². The third-order valence-electron chi connectivity index (χ3n) is 5.36. The molecule has 8 nitrogen and oxygen atoms in total. The molecule has 1 saturated heterocycles. The summed E-state index contributed by atoms with van der Waals surface area (Å²) in [5.41, 5.74) is 1.20. The lowest BCUT2D eigenvalue weighted by Gasteiger charge is -2.39. The van der Waals surface area contributed by atoms with Crippen molar-refractivity contribution >= 4 is 58.2 Å². The van der Waals surface area contributed by atoms with Crippen LogP contribution >= 0.6 is 23.2 Å². The molecular formula is C24H26Cl2N4O4. The van der Waals surface area contributed by atoms with E-state index >= 15 is 0 Å². The standard InChI is InChI=1S/C24H26Cl2N4O4/c1-24(2,3)23(32)29-12-10-28(11-13-29)20-8-6-17(15-19(20)26)27-22(31)9-5-16-4-7-18(25)21(14-16)30(33)34/h4-9,14-15H,10-13H2,1-3H3,(H,27,31)/b9-5+. The van der Waals surface area contributed by atoms with Crippen molar-refractivity contribution in [2.24, 2.45) is 5.41 Å². The summed E-state index contributed by atoms with van der Waals surface area (Å²) < 4.78 is 0. The summed E-state index contributed by atoms with van der Waals surface area (Å²) in [7, 11) is 0. The molecular weight excluding hydrogens is 479 g/mol. The van der Waals surface area contributed by atoms with Gasteiger partial charge in [0.15, 0.2) is 0 Å². The molecule has 2 aromatic carbocycles. The molecule has 0 aromatic heterocycles. The Morgan fingerprint density at radius 1 is 1.03 bits per heavy atom. The Morgan fingerprint density at radius 2 is 1.71 bits per heavy atom. The number of rotatable bonds is 5. The molecule has 1 fully saturated rings. The zero-order chi connectivity index (χ0) is 25.0. The van der Waals surface area contributed by atoms with E-state index in [4.69, 9.17) is 23.2 Å². The van der Waals surface area contributed by atoms with Gasteiger partial charge in [-0.3, -0.25) is 19.7 Å². The molecule has 1 heterocycles. The van der Waals surface area contributed by atoms with Crippen LogP contribution in [0.3, 0.4) is 0 Å². The van der Waals surface area contributed by atoms with Crippen molar-refractivity contribution < 1.29 is 14.5 Å². The first-order valence-electron chi connectivity index (χ1n) is 10.7. The second-order valence-electron chi connectivity index (χ2n) is 8.99. The number of nitrogens with one attached hydrogen (secondary N) is 1. The van der Waals surface area contributed by atoms with E-state index in [2.05, 4.69) is 10.2 Å². The number of carbonyl (C=O) groups is 2. The fourth-order valence-corrected chi connectivity index (χ4v) is 4.08. The van der Waals surface area contributed by atoms with E-state index in [1.54, 1.807) is 18.2 Å². The van der Waals surface area contributed by atoms with Crippen LogP contribution in [0.1, 0.15) is 26.3 Å². The number of carbonyl (C=O) groups excluding carboxylic acids is 2. The third kappa shape index (κ3) is 6.27. The highest BCUT2D eigenvalue weighted by Gasteiger charge is 2.30. The van der Waals surface area contributed by atoms with Crippen LogP contribution in [0, 0.1) is 15.5 Å². The van der Waals surface area contributed by atoms with E-state index in [1.807, 2.05) is 31.7 Å². The number of hydrogen-bond acceptors (Lipinski definition) is 5. The lowest BCUT2D eigenvalue weighted by molar-refractivity contribution is -0.384. The largest absolute Gasteiger partial charge is 0.367 e. The maximum absolute atomic E-state index is 12.5. The summed E-state index contributed by atoms with van der Waals surface area (Å²) in [4.78, 5) is 39.2. The van der Waals surface area contributed by atoms with Gasteiger partial charge < -0.3 is 15.1 Å². The van der Waals surface area contributed by atoms with E-state index in [9.17, 15) is 19.7 Å². The number of nitro groups is 1. The van der Waals surface area contributed by atoms with Gasteiger partial charge >= 0.3 is 0 Å². The molecule has 0 unspecified atom stereocenters. The first-order chi connectivity index (χ1) is 16.0. The Kier molecular flexibility index (Phi) is 7.84. The SMILES string of the molecule is CC(C)(C)C(=O)N1CCN(c2ccc(NC(=O)/C=C/c3ccc(Cl)c([N+](=O)[O-])c3)cc2Cl)CC1. The van der Waals surface area contributed by atoms with Crippen molar-refractivity contribution in [2.45, 2.75) is 20.8 Å². The van der Waals surface area contributed by atoms with E-state index in [1.165, 1.54) is 24.3 Å². The summed E-state index contributed by atoms with van der Waals surface area (Å²) in [5.74, 6) is -0.270. The highest BCUT2D eigenvalue weighted by atomic mass is 35.5. The highest BCUT2D eigenvalue weighted by molar-refractivity contribution is 6.33. The summed E-state index contributed by atoms with van der Waals surface area (Å²) in [6.45, 7) is 8.34. The molecule has 1 N–H and O–H groups in total. The molecule has 0 atom stereocenters. The molecule has 180 valence electrons. The summed E-state index contributed by atoms with van der Waals surface area (Å²) in [6, 6.07) is 9.56. The molecule has 0 radical (unpaired) electrons. The first-order valence-corrected chi connectivity index (χ1v) is 11.5. The van der Waals surface area contributed by atoms with Crippen LogP contribution in [0.15, 0.2) is 42.5 Å². The van der Waals surface area contributed by atoms with Crippen molar-refractivity contribution in [1.29, 1.82) is 0 Å². The van der Waals surface area contributed by atoms with Crippen LogP contribution in [0.25, 0.3) is 6.08 Å². The average molecular weight is 505 g/mol. The second-order valence-corrected chi connectivity index (χ2v) is 9.80. The Hall–Kier alpha value is -3.10. The van der Waals surface area contributed by atoms with Crippen LogP contribution in [0.2, 0.25) is 10.0 Å². The molecule has 0 saturated carbocycles. The van der Waals surface area contributed by atoms with Gasteiger partial charge in [0, 0.05) is 49.4 Å².